The van der Waals surface area contributed by atoms with Crippen molar-refractivity contribution >= 4 is 12.0 Å². The van der Waals surface area contributed by atoms with Crippen LogP contribution >= 0.6 is 0 Å². The molecule has 6 nitrogen and oxygen atoms in total. The number of rotatable bonds is 8. The minimum atomic E-state index is -0.837. The molecule has 0 radical (unpaired) electrons. The van der Waals surface area contributed by atoms with Crippen LogP contribution in [0.25, 0.3) is 0 Å². The molecule has 1 heterocycles. The van der Waals surface area contributed by atoms with E-state index >= 15 is 0 Å². The summed E-state index contributed by atoms with van der Waals surface area (Å²) in [5, 5.41) is 14.1. The summed E-state index contributed by atoms with van der Waals surface area (Å²) in [6.45, 7) is 2.81. The highest BCUT2D eigenvalue weighted by atomic mass is 16.4. The number of hydrogen-bond acceptors (Lipinski definition) is 3. The van der Waals surface area contributed by atoms with E-state index in [4.69, 9.17) is 5.11 Å². The van der Waals surface area contributed by atoms with Gasteiger partial charge in [0.2, 0.25) is 0 Å². The maximum atomic E-state index is 11.6. The van der Waals surface area contributed by atoms with Crippen LogP contribution in [-0.2, 0) is 11.2 Å². The zero-order chi connectivity index (χ0) is 14.8. The standard InChI is InChI=1S/C14H21N3O3/c1-2-11(8-13(18)19)10-17-14(20)16-7-5-12-4-3-6-15-9-12/h3-4,6,9,11H,2,5,7-8,10H2,1H3,(H,18,19)(H2,16,17,20). The topological polar surface area (TPSA) is 91.3 Å². The smallest absolute Gasteiger partial charge is 0.314 e. The Hall–Kier alpha value is -2.11. The van der Waals surface area contributed by atoms with E-state index in [1.165, 1.54) is 0 Å². The quantitative estimate of drug-likeness (QED) is 0.671. The summed E-state index contributed by atoms with van der Waals surface area (Å²) >= 11 is 0. The van der Waals surface area contributed by atoms with E-state index in [1.54, 1.807) is 12.4 Å². The predicted molar refractivity (Wildman–Crippen MR) is 75.4 cm³/mol. The molecule has 1 rings (SSSR count). The minimum Gasteiger partial charge on any atom is -0.481 e. The van der Waals surface area contributed by atoms with Crippen LogP contribution < -0.4 is 10.6 Å². The lowest BCUT2D eigenvalue weighted by Crippen LogP contribution is -2.39. The number of urea groups is 1. The number of amides is 2. The van der Waals surface area contributed by atoms with Gasteiger partial charge in [0, 0.05) is 31.9 Å². The van der Waals surface area contributed by atoms with Gasteiger partial charge in [0.1, 0.15) is 0 Å². The number of carbonyl (C=O) groups excluding carboxylic acids is 1. The summed E-state index contributed by atoms with van der Waals surface area (Å²) in [5.74, 6) is -0.868. The lowest BCUT2D eigenvalue weighted by molar-refractivity contribution is -0.138. The SMILES string of the molecule is CCC(CNC(=O)NCCc1cccnc1)CC(=O)O. The molecule has 1 aromatic rings. The first kappa shape index (κ1) is 15.9. The Balaban J connectivity index is 2.18. The van der Waals surface area contributed by atoms with Crippen LogP contribution in [0.1, 0.15) is 25.3 Å². The van der Waals surface area contributed by atoms with Crippen LogP contribution in [0.3, 0.4) is 0 Å². The Bertz CT molecular complexity index is 423. The molecule has 0 aromatic carbocycles. The van der Waals surface area contributed by atoms with Crippen LogP contribution in [0, 0.1) is 5.92 Å². The molecular formula is C14H21N3O3. The van der Waals surface area contributed by atoms with Gasteiger partial charge in [-0.3, -0.25) is 9.78 Å². The monoisotopic (exact) mass is 279 g/mol. The van der Waals surface area contributed by atoms with Crippen molar-refractivity contribution in [1.29, 1.82) is 0 Å². The van der Waals surface area contributed by atoms with Crippen LogP contribution in [0.15, 0.2) is 24.5 Å². The molecular weight excluding hydrogens is 258 g/mol. The van der Waals surface area contributed by atoms with Gasteiger partial charge in [0.25, 0.3) is 0 Å². The zero-order valence-corrected chi connectivity index (χ0v) is 11.6. The maximum Gasteiger partial charge on any atom is 0.314 e. The second-order valence-electron chi connectivity index (χ2n) is 4.62. The van der Waals surface area contributed by atoms with E-state index in [1.807, 2.05) is 19.1 Å². The van der Waals surface area contributed by atoms with Gasteiger partial charge < -0.3 is 15.7 Å². The Morgan fingerprint density at radius 1 is 1.40 bits per heavy atom. The van der Waals surface area contributed by atoms with E-state index < -0.39 is 5.97 Å². The third-order valence-corrected chi connectivity index (χ3v) is 3.01. The predicted octanol–water partition coefficient (Wildman–Crippen LogP) is 1.42. The summed E-state index contributed by atoms with van der Waals surface area (Å²) in [6, 6.07) is 3.54. The van der Waals surface area contributed by atoms with E-state index in [2.05, 4.69) is 15.6 Å². The molecule has 0 aliphatic rings. The van der Waals surface area contributed by atoms with E-state index in [0.29, 0.717) is 19.5 Å². The molecule has 110 valence electrons. The van der Waals surface area contributed by atoms with Crippen molar-refractivity contribution in [1.82, 2.24) is 15.6 Å². The molecule has 1 unspecified atom stereocenters. The number of carboxylic acids is 1. The molecule has 6 heteroatoms. The molecule has 0 fully saturated rings. The number of carboxylic acid groups (broad SMARTS) is 1. The largest absolute Gasteiger partial charge is 0.481 e. The fourth-order valence-electron chi connectivity index (χ4n) is 1.77. The highest BCUT2D eigenvalue weighted by Gasteiger charge is 2.12. The normalized spacial score (nSPS) is 11.7. The Labute approximate surface area is 118 Å². The zero-order valence-electron chi connectivity index (χ0n) is 11.6. The van der Waals surface area contributed by atoms with Crippen LogP contribution in [0.2, 0.25) is 0 Å². The number of pyridine rings is 1. The van der Waals surface area contributed by atoms with Crippen molar-refractivity contribution in [3.63, 3.8) is 0 Å². The van der Waals surface area contributed by atoms with E-state index in [-0.39, 0.29) is 18.4 Å². The van der Waals surface area contributed by atoms with Gasteiger partial charge >= 0.3 is 12.0 Å². The number of nitrogens with one attached hydrogen (secondary N) is 2. The molecule has 0 saturated carbocycles. The molecule has 0 aliphatic carbocycles. The van der Waals surface area contributed by atoms with Gasteiger partial charge in [-0.25, -0.2) is 4.79 Å². The van der Waals surface area contributed by atoms with E-state index in [0.717, 1.165) is 12.0 Å². The molecule has 3 N–H and O–H groups in total. The highest BCUT2D eigenvalue weighted by Crippen LogP contribution is 2.06. The summed E-state index contributed by atoms with van der Waals surface area (Å²) in [5.41, 5.74) is 1.06. The van der Waals surface area contributed by atoms with Crippen molar-refractivity contribution in [2.45, 2.75) is 26.2 Å². The molecule has 0 aliphatic heterocycles. The number of aromatic nitrogens is 1. The molecule has 0 bridgehead atoms. The fraction of sp³-hybridized carbons (Fsp3) is 0.500. The first-order chi connectivity index (χ1) is 9.61. The summed E-state index contributed by atoms with van der Waals surface area (Å²) in [6.07, 6.45) is 4.98. The first-order valence-corrected chi connectivity index (χ1v) is 6.74. The van der Waals surface area contributed by atoms with Crippen molar-refractivity contribution in [3.8, 4) is 0 Å². The molecule has 2 amide bonds. The molecule has 1 atom stereocenters. The van der Waals surface area contributed by atoms with Crippen molar-refractivity contribution < 1.29 is 14.7 Å². The number of nitrogens with zero attached hydrogens (tertiary/aromatic N) is 1. The van der Waals surface area contributed by atoms with Gasteiger partial charge in [0.15, 0.2) is 0 Å². The molecule has 20 heavy (non-hydrogen) atoms. The Kier molecular flexibility index (Phi) is 7.10. The molecule has 0 spiro atoms. The van der Waals surface area contributed by atoms with Gasteiger partial charge in [-0.05, 0) is 24.0 Å². The first-order valence-electron chi connectivity index (χ1n) is 6.74. The third kappa shape index (κ3) is 6.72. The average molecular weight is 279 g/mol. The Morgan fingerprint density at radius 2 is 2.20 bits per heavy atom. The van der Waals surface area contributed by atoms with Gasteiger partial charge in [-0.1, -0.05) is 19.4 Å². The molecule has 1 aromatic heterocycles. The number of aliphatic carboxylic acids is 1. The average Bonchev–Trinajstić information content (AvgIpc) is 2.44. The lowest BCUT2D eigenvalue weighted by atomic mass is 10.0. The van der Waals surface area contributed by atoms with Gasteiger partial charge in [-0.2, -0.15) is 0 Å². The number of hydrogen-bond donors (Lipinski definition) is 3. The van der Waals surface area contributed by atoms with Crippen molar-refractivity contribution in [2.24, 2.45) is 5.92 Å². The van der Waals surface area contributed by atoms with Crippen LogP contribution in [0.5, 0.6) is 0 Å². The third-order valence-electron chi connectivity index (χ3n) is 3.01. The van der Waals surface area contributed by atoms with Gasteiger partial charge in [0.05, 0.1) is 0 Å². The van der Waals surface area contributed by atoms with Crippen molar-refractivity contribution in [3.05, 3.63) is 30.1 Å². The Morgan fingerprint density at radius 3 is 2.80 bits per heavy atom. The summed E-state index contributed by atoms with van der Waals surface area (Å²) < 4.78 is 0. The minimum absolute atomic E-state index is 0.0310. The highest BCUT2D eigenvalue weighted by molar-refractivity contribution is 5.74. The lowest BCUT2D eigenvalue weighted by Gasteiger charge is -2.14. The second kappa shape index (κ2) is 8.90. The van der Waals surface area contributed by atoms with Crippen LogP contribution in [-0.4, -0.2) is 35.2 Å². The number of carbonyl (C=O) groups is 2. The molecule has 0 saturated heterocycles. The second-order valence-corrected chi connectivity index (χ2v) is 4.62. The van der Waals surface area contributed by atoms with Crippen LogP contribution in [0.4, 0.5) is 4.79 Å². The van der Waals surface area contributed by atoms with E-state index in [9.17, 15) is 9.59 Å². The maximum absolute atomic E-state index is 11.6. The van der Waals surface area contributed by atoms with Gasteiger partial charge in [-0.15, -0.1) is 0 Å². The summed E-state index contributed by atoms with van der Waals surface area (Å²) in [4.78, 5) is 26.2. The summed E-state index contributed by atoms with van der Waals surface area (Å²) in [7, 11) is 0. The fourth-order valence-corrected chi connectivity index (χ4v) is 1.77. The van der Waals surface area contributed by atoms with Crippen molar-refractivity contribution in [2.75, 3.05) is 13.1 Å².